The Labute approximate surface area is 179 Å². The maximum atomic E-state index is 2.41. The van der Waals surface area contributed by atoms with Crippen LogP contribution < -0.4 is 0 Å². The van der Waals surface area contributed by atoms with E-state index >= 15 is 0 Å². The first kappa shape index (κ1) is 21.1. The molecular formula is C26H30S2. The molecule has 0 saturated carbocycles. The third-order valence-electron chi connectivity index (χ3n) is 4.68. The molecule has 0 heterocycles. The van der Waals surface area contributed by atoms with Crippen LogP contribution in [-0.4, -0.2) is 0 Å². The predicted molar refractivity (Wildman–Crippen MR) is 128 cm³/mol. The van der Waals surface area contributed by atoms with Gasteiger partial charge in [-0.3, -0.25) is 0 Å². The van der Waals surface area contributed by atoms with Gasteiger partial charge < -0.3 is 0 Å². The minimum atomic E-state index is 0.180. The summed E-state index contributed by atoms with van der Waals surface area (Å²) in [5.74, 6) is 4.27. The standard InChI is InChI=1S/C26H30S2/c1-26(2,3)25-15-23(19-27-17-21-10-6-4-7-11-21)14-24(16-25)20-28-18-22-12-8-5-9-13-22/h4-16H,17-20H2,1-3H3. The highest BCUT2D eigenvalue weighted by molar-refractivity contribution is 7.98. The van der Waals surface area contributed by atoms with Gasteiger partial charge in [-0.15, -0.1) is 0 Å². The molecule has 0 nitrogen and oxygen atoms in total. The maximum absolute atomic E-state index is 2.41. The zero-order valence-corrected chi connectivity index (χ0v) is 18.8. The van der Waals surface area contributed by atoms with E-state index in [0.29, 0.717) is 0 Å². The Bertz CT molecular complexity index is 785. The van der Waals surface area contributed by atoms with Crippen molar-refractivity contribution in [2.75, 3.05) is 0 Å². The summed E-state index contributed by atoms with van der Waals surface area (Å²) in [4.78, 5) is 0. The highest BCUT2D eigenvalue weighted by atomic mass is 32.2. The van der Waals surface area contributed by atoms with E-state index in [1.807, 2.05) is 23.5 Å². The van der Waals surface area contributed by atoms with Gasteiger partial charge in [0.15, 0.2) is 0 Å². The monoisotopic (exact) mass is 406 g/mol. The van der Waals surface area contributed by atoms with Gasteiger partial charge in [-0.05, 0) is 33.2 Å². The molecule has 0 aliphatic carbocycles. The molecule has 0 spiro atoms. The summed E-state index contributed by atoms with van der Waals surface area (Å²) in [6.07, 6.45) is 0. The fourth-order valence-electron chi connectivity index (χ4n) is 3.08. The average Bonchev–Trinajstić information content (AvgIpc) is 2.69. The van der Waals surface area contributed by atoms with Gasteiger partial charge in [0, 0.05) is 23.0 Å². The Hall–Kier alpha value is -1.64. The Kier molecular flexibility index (Phi) is 7.70. The third-order valence-corrected chi connectivity index (χ3v) is 6.83. The summed E-state index contributed by atoms with van der Waals surface area (Å²) in [6, 6.07) is 28.7. The van der Waals surface area contributed by atoms with Crippen LogP contribution in [0.2, 0.25) is 0 Å². The second-order valence-corrected chi connectivity index (χ2v) is 10.2. The van der Waals surface area contributed by atoms with Crippen molar-refractivity contribution >= 4 is 23.5 Å². The second kappa shape index (κ2) is 10.2. The Morgan fingerprint density at radius 1 is 0.536 bits per heavy atom. The SMILES string of the molecule is CC(C)(C)c1cc(CSCc2ccccc2)cc(CSCc2ccccc2)c1. The van der Waals surface area contributed by atoms with Crippen molar-refractivity contribution in [3.63, 3.8) is 0 Å². The maximum Gasteiger partial charge on any atom is 0.0188 e. The summed E-state index contributed by atoms with van der Waals surface area (Å²) in [5.41, 5.74) is 7.32. The lowest BCUT2D eigenvalue weighted by atomic mass is 9.85. The first-order chi connectivity index (χ1) is 13.5. The molecule has 0 N–H and O–H groups in total. The molecule has 0 atom stereocenters. The molecule has 0 aliphatic rings. The molecule has 0 fully saturated rings. The van der Waals surface area contributed by atoms with Crippen LogP contribution in [0.15, 0.2) is 78.9 Å². The lowest BCUT2D eigenvalue weighted by molar-refractivity contribution is 0.589. The van der Waals surface area contributed by atoms with Crippen molar-refractivity contribution in [1.82, 2.24) is 0 Å². The van der Waals surface area contributed by atoms with Crippen LogP contribution in [-0.2, 0) is 28.4 Å². The Balaban J connectivity index is 1.64. The molecule has 3 rings (SSSR count). The van der Waals surface area contributed by atoms with Gasteiger partial charge in [0.25, 0.3) is 0 Å². The van der Waals surface area contributed by atoms with Gasteiger partial charge in [-0.2, -0.15) is 23.5 Å². The molecular weight excluding hydrogens is 376 g/mol. The van der Waals surface area contributed by atoms with Crippen molar-refractivity contribution < 1.29 is 0 Å². The van der Waals surface area contributed by atoms with E-state index < -0.39 is 0 Å². The van der Waals surface area contributed by atoms with Crippen LogP contribution in [0, 0.1) is 0 Å². The zero-order chi connectivity index (χ0) is 19.8. The van der Waals surface area contributed by atoms with E-state index in [1.54, 1.807) is 0 Å². The molecule has 0 amide bonds. The van der Waals surface area contributed by atoms with Crippen molar-refractivity contribution in [3.8, 4) is 0 Å². The fraction of sp³-hybridized carbons (Fsp3) is 0.308. The van der Waals surface area contributed by atoms with Gasteiger partial charge in [-0.1, -0.05) is 99.6 Å². The van der Waals surface area contributed by atoms with Crippen molar-refractivity contribution in [3.05, 3.63) is 107 Å². The fourth-order valence-corrected chi connectivity index (χ4v) is 4.95. The molecule has 2 heteroatoms. The van der Waals surface area contributed by atoms with Crippen LogP contribution in [0.4, 0.5) is 0 Å². The number of hydrogen-bond acceptors (Lipinski definition) is 2. The predicted octanol–water partition coefficient (Wildman–Crippen LogP) is 7.85. The second-order valence-electron chi connectivity index (χ2n) is 8.24. The molecule has 0 radical (unpaired) electrons. The highest BCUT2D eigenvalue weighted by Crippen LogP contribution is 2.29. The Morgan fingerprint density at radius 3 is 1.32 bits per heavy atom. The molecule has 3 aromatic carbocycles. The van der Waals surface area contributed by atoms with Gasteiger partial charge in [0.05, 0.1) is 0 Å². The van der Waals surface area contributed by atoms with E-state index in [1.165, 1.54) is 27.8 Å². The number of benzene rings is 3. The third kappa shape index (κ3) is 6.76. The molecule has 0 saturated heterocycles. The van der Waals surface area contributed by atoms with Crippen LogP contribution in [0.25, 0.3) is 0 Å². The summed E-state index contributed by atoms with van der Waals surface area (Å²) < 4.78 is 0. The van der Waals surface area contributed by atoms with Crippen molar-refractivity contribution in [2.24, 2.45) is 0 Å². The molecule has 3 aromatic rings. The van der Waals surface area contributed by atoms with Crippen molar-refractivity contribution in [2.45, 2.75) is 49.2 Å². The minimum absolute atomic E-state index is 0.180. The zero-order valence-electron chi connectivity index (χ0n) is 17.2. The topological polar surface area (TPSA) is 0 Å². The van der Waals surface area contributed by atoms with Gasteiger partial charge in [0.2, 0.25) is 0 Å². The van der Waals surface area contributed by atoms with E-state index in [9.17, 15) is 0 Å². The average molecular weight is 407 g/mol. The van der Waals surface area contributed by atoms with Gasteiger partial charge >= 0.3 is 0 Å². The largest absolute Gasteiger partial charge is 0.152 e. The number of hydrogen-bond donors (Lipinski definition) is 0. The highest BCUT2D eigenvalue weighted by Gasteiger charge is 2.15. The molecule has 146 valence electrons. The molecule has 0 unspecified atom stereocenters. The first-order valence-electron chi connectivity index (χ1n) is 9.87. The van der Waals surface area contributed by atoms with E-state index in [-0.39, 0.29) is 5.41 Å². The number of rotatable bonds is 8. The summed E-state index contributed by atoms with van der Waals surface area (Å²) in [6.45, 7) is 6.93. The van der Waals surface area contributed by atoms with Crippen LogP contribution in [0.1, 0.15) is 48.6 Å². The van der Waals surface area contributed by atoms with E-state index in [2.05, 4.69) is 99.6 Å². The summed E-state index contributed by atoms with van der Waals surface area (Å²) >= 11 is 4.00. The van der Waals surface area contributed by atoms with E-state index in [4.69, 9.17) is 0 Å². The number of thioether (sulfide) groups is 2. The molecule has 28 heavy (non-hydrogen) atoms. The van der Waals surface area contributed by atoms with Crippen LogP contribution >= 0.6 is 23.5 Å². The Morgan fingerprint density at radius 2 is 0.929 bits per heavy atom. The van der Waals surface area contributed by atoms with Crippen molar-refractivity contribution in [1.29, 1.82) is 0 Å². The summed E-state index contributed by atoms with van der Waals surface area (Å²) in [7, 11) is 0. The van der Waals surface area contributed by atoms with E-state index in [0.717, 1.165) is 23.0 Å². The quantitative estimate of drug-likeness (QED) is 0.373. The van der Waals surface area contributed by atoms with Crippen LogP contribution in [0.5, 0.6) is 0 Å². The molecule has 0 bridgehead atoms. The smallest absolute Gasteiger partial charge is 0.0188 e. The minimum Gasteiger partial charge on any atom is -0.152 e. The first-order valence-corrected chi connectivity index (χ1v) is 12.2. The van der Waals surface area contributed by atoms with Gasteiger partial charge in [0.1, 0.15) is 0 Å². The summed E-state index contributed by atoms with van der Waals surface area (Å²) in [5, 5.41) is 0. The van der Waals surface area contributed by atoms with Gasteiger partial charge in [-0.25, -0.2) is 0 Å². The lowest BCUT2D eigenvalue weighted by Crippen LogP contribution is -2.12. The molecule has 0 aromatic heterocycles. The lowest BCUT2D eigenvalue weighted by Gasteiger charge is -2.21. The molecule has 0 aliphatic heterocycles. The van der Waals surface area contributed by atoms with Crippen LogP contribution in [0.3, 0.4) is 0 Å². The normalized spacial score (nSPS) is 11.5.